The molecule has 2 amide bonds. The number of nitriles is 1. The lowest BCUT2D eigenvalue weighted by Gasteiger charge is -2.22. The Bertz CT molecular complexity index is 1480. The highest BCUT2D eigenvalue weighted by Gasteiger charge is 2.36. The van der Waals surface area contributed by atoms with Crippen LogP contribution in [0.25, 0.3) is 5.69 Å². The number of hydrogen-bond acceptors (Lipinski definition) is 7. The number of imide groups is 1. The average Bonchev–Trinajstić information content (AvgIpc) is 3.27. The highest BCUT2D eigenvalue weighted by Crippen LogP contribution is 2.42. The van der Waals surface area contributed by atoms with E-state index >= 15 is 0 Å². The zero-order chi connectivity index (χ0) is 28.2. The molecule has 0 aliphatic rings. The molecule has 0 bridgehead atoms. The third-order valence-electron chi connectivity index (χ3n) is 4.77. The molecule has 14 heteroatoms. The lowest BCUT2D eigenvalue weighted by molar-refractivity contribution is -0.0328. The third-order valence-corrected chi connectivity index (χ3v) is 6.05. The number of amides is 2. The fraction of sp³-hybridized carbons (Fsp3) is 0.0400. The summed E-state index contributed by atoms with van der Waals surface area (Å²) in [5.74, 6) is -0.345. The van der Waals surface area contributed by atoms with Crippen LogP contribution < -0.4 is 14.4 Å². The number of para-hydroxylation sites is 2. The number of thioether (sulfide) groups is 1. The molecule has 0 atom stereocenters. The van der Waals surface area contributed by atoms with Gasteiger partial charge < -0.3 is 9.47 Å². The van der Waals surface area contributed by atoms with Crippen molar-refractivity contribution in [3.05, 3.63) is 94.6 Å². The first-order valence-electron chi connectivity index (χ1n) is 10.6. The molecule has 1 heterocycles. The number of rotatable bonds is 5. The van der Waals surface area contributed by atoms with Gasteiger partial charge in [0.2, 0.25) is 0 Å². The van der Waals surface area contributed by atoms with Gasteiger partial charge in [-0.2, -0.15) is 28.4 Å². The van der Waals surface area contributed by atoms with Gasteiger partial charge in [0.15, 0.2) is 5.82 Å². The van der Waals surface area contributed by atoms with Crippen molar-refractivity contribution in [1.29, 1.82) is 5.26 Å². The van der Waals surface area contributed by atoms with Gasteiger partial charge in [0.25, 0.3) is 0 Å². The lowest BCUT2D eigenvalue weighted by atomic mass is 10.3. The van der Waals surface area contributed by atoms with Gasteiger partial charge in [0.1, 0.15) is 28.8 Å². The first-order valence-corrected chi connectivity index (χ1v) is 12.2. The summed E-state index contributed by atoms with van der Waals surface area (Å²) in [7, 11) is 0. The minimum absolute atomic E-state index is 0.0641. The molecule has 0 spiro atoms. The van der Waals surface area contributed by atoms with E-state index in [1.54, 1.807) is 42.5 Å². The Labute approximate surface area is 233 Å². The maximum atomic E-state index is 13.3. The fourth-order valence-corrected chi connectivity index (χ4v) is 4.65. The van der Waals surface area contributed by atoms with Gasteiger partial charge in [-0.05, 0) is 48.2 Å². The number of ether oxygens (including phenoxy) is 2. The Hall–Kier alpha value is -4.18. The van der Waals surface area contributed by atoms with Gasteiger partial charge in [-0.1, -0.05) is 59.6 Å². The minimum Gasteiger partial charge on any atom is -0.410 e. The van der Waals surface area contributed by atoms with Crippen molar-refractivity contribution in [3.63, 3.8) is 0 Å². The van der Waals surface area contributed by atoms with E-state index in [9.17, 15) is 28.0 Å². The largest absolute Gasteiger partial charge is 0.446 e. The average molecular weight is 593 g/mol. The Kier molecular flexibility index (Phi) is 8.35. The van der Waals surface area contributed by atoms with Crippen LogP contribution in [0.2, 0.25) is 10.0 Å². The molecule has 198 valence electrons. The molecular weight excluding hydrogens is 580 g/mol. The number of benzene rings is 3. The Morgan fingerprint density at radius 1 is 0.923 bits per heavy atom. The maximum Gasteiger partial charge on any atom is 0.446 e. The minimum atomic E-state index is -4.61. The SMILES string of the molecule is N#Cc1cnn(-c2c(Cl)cc(SC(F)(F)F)cc2Cl)c1N(C(=O)Oc1ccccc1)C(=O)Oc1ccccc1. The molecule has 4 aromatic rings. The summed E-state index contributed by atoms with van der Waals surface area (Å²) in [4.78, 5) is 26.7. The quantitative estimate of drug-likeness (QED) is 0.217. The number of halogens is 5. The summed E-state index contributed by atoms with van der Waals surface area (Å²) in [5, 5.41) is 13.2. The van der Waals surface area contributed by atoms with Gasteiger partial charge in [0, 0.05) is 4.90 Å². The van der Waals surface area contributed by atoms with Gasteiger partial charge in [-0.25, -0.2) is 14.3 Å². The molecule has 0 unspecified atom stereocenters. The molecule has 4 rings (SSSR count). The molecule has 3 aromatic carbocycles. The number of carbonyl (C=O) groups excluding carboxylic acids is 2. The first-order chi connectivity index (χ1) is 18.6. The summed E-state index contributed by atoms with van der Waals surface area (Å²) in [6, 6.07) is 19.2. The molecule has 39 heavy (non-hydrogen) atoms. The normalized spacial score (nSPS) is 11.0. The second-order valence-electron chi connectivity index (χ2n) is 7.39. The van der Waals surface area contributed by atoms with Crippen molar-refractivity contribution in [2.24, 2.45) is 0 Å². The maximum absolute atomic E-state index is 13.3. The Morgan fingerprint density at radius 2 is 1.41 bits per heavy atom. The van der Waals surface area contributed by atoms with Crippen molar-refractivity contribution in [2.45, 2.75) is 10.4 Å². The van der Waals surface area contributed by atoms with Crippen molar-refractivity contribution < 1.29 is 32.2 Å². The molecule has 0 fully saturated rings. The molecule has 0 aliphatic heterocycles. The molecule has 1 aromatic heterocycles. The van der Waals surface area contributed by atoms with Crippen LogP contribution in [0.3, 0.4) is 0 Å². The van der Waals surface area contributed by atoms with Crippen LogP contribution in [0.5, 0.6) is 11.5 Å². The second-order valence-corrected chi connectivity index (χ2v) is 9.34. The van der Waals surface area contributed by atoms with Crippen LogP contribution in [-0.2, 0) is 0 Å². The molecule has 0 saturated carbocycles. The molecule has 0 radical (unpaired) electrons. The van der Waals surface area contributed by atoms with Crippen LogP contribution in [0, 0.1) is 11.3 Å². The molecule has 0 aliphatic carbocycles. The number of aromatic nitrogens is 2. The standard InChI is InChI=1S/C25H13Cl2F3N4O4S/c26-19-11-18(39-25(28,29)30)12-20(27)21(19)34-22(15(13-31)14-32-34)33(23(35)37-16-7-3-1-4-8-16)24(36)38-17-9-5-2-6-10-17/h1-12,14H. The number of nitrogens with zero attached hydrogens (tertiary/aromatic N) is 4. The van der Waals surface area contributed by atoms with Gasteiger partial charge in [-0.15, -0.1) is 0 Å². The van der Waals surface area contributed by atoms with Crippen molar-refractivity contribution in [2.75, 3.05) is 4.90 Å². The van der Waals surface area contributed by atoms with E-state index in [0.717, 1.165) is 23.0 Å². The van der Waals surface area contributed by atoms with E-state index in [1.807, 2.05) is 0 Å². The molecule has 0 saturated heterocycles. The van der Waals surface area contributed by atoms with E-state index in [4.69, 9.17) is 32.7 Å². The predicted octanol–water partition coefficient (Wildman–Crippen LogP) is 7.87. The van der Waals surface area contributed by atoms with Crippen LogP contribution in [0.4, 0.5) is 28.6 Å². The number of carbonyl (C=O) groups is 2. The smallest absolute Gasteiger partial charge is 0.410 e. The highest BCUT2D eigenvalue weighted by atomic mass is 35.5. The van der Waals surface area contributed by atoms with Crippen LogP contribution in [0.15, 0.2) is 83.9 Å². The van der Waals surface area contributed by atoms with Gasteiger partial charge in [-0.3, -0.25) is 0 Å². The molecule has 8 nitrogen and oxygen atoms in total. The summed E-state index contributed by atoms with van der Waals surface area (Å²) in [5.41, 5.74) is -5.12. The summed E-state index contributed by atoms with van der Waals surface area (Å²) >= 11 is 12.1. The van der Waals surface area contributed by atoms with E-state index in [1.165, 1.54) is 24.3 Å². The molecule has 0 N–H and O–H groups in total. The summed E-state index contributed by atoms with van der Waals surface area (Å²) in [6.45, 7) is 0. The third kappa shape index (κ3) is 6.64. The van der Waals surface area contributed by atoms with E-state index in [0.29, 0.717) is 4.90 Å². The summed E-state index contributed by atoms with van der Waals surface area (Å²) in [6.07, 6.45) is -1.55. The first kappa shape index (κ1) is 27.8. The topological polar surface area (TPSA) is 97.5 Å². The van der Waals surface area contributed by atoms with Crippen molar-refractivity contribution >= 4 is 53.0 Å². The van der Waals surface area contributed by atoms with Crippen LogP contribution in [0.1, 0.15) is 5.56 Å². The monoisotopic (exact) mass is 592 g/mol. The lowest BCUT2D eigenvalue weighted by Crippen LogP contribution is -2.42. The van der Waals surface area contributed by atoms with Gasteiger partial charge >= 0.3 is 17.7 Å². The van der Waals surface area contributed by atoms with Crippen molar-refractivity contribution in [1.82, 2.24) is 9.78 Å². The van der Waals surface area contributed by atoms with E-state index in [2.05, 4.69) is 5.10 Å². The zero-order valence-electron chi connectivity index (χ0n) is 19.2. The number of hydrogen-bond donors (Lipinski definition) is 0. The summed E-state index contributed by atoms with van der Waals surface area (Å²) < 4.78 is 50.2. The Morgan fingerprint density at radius 3 is 1.85 bits per heavy atom. The number of anilines is 1. The Balaban J connectivity index is 1.84. The predicted molar refractivity (Wildman–Crippen MR) is 138 cm³/mol. The zero-order valence-corrected chi connectivity index (χ0v) is 21.6. The number of alkyl halides is 3. The van der Waals surface area contributed by atoms with Crippen molar-refractivity contribution in [3.8, 4) is 23.3 Å². The fourth-order valence-electron chi connectivity index (χ4n) is 3.25. The van der Waals surface area contributed by atoms with E-state index < -0.39 is 35.3 Å². The van der Waals surface area contributed by atoms with E-state index in [-0.39, 0.29) is 37.7 Å². The van der Waals surface area contributed by atoms with Gasteiger partial charge in [0.05, 0.1) is 16.2 Å². The van der Waals surface area contributed by atoms with Crippen LogP contribution in [-0.4, -0.2) is 27.5 Å². The second kappa shape index (κ2) is 11.7. The highest BCUT2D eigenvalue weighted by molar-refractivity contribution is 8.00. The van der Waals surface area contributed by atoms with Crippen LogP contribution >= 0.6 is 35.0 Å². The molecular formula is C25H13Cl2F3N4O4S.